The summed E-state index contributed by atoms with van der Waals surface area (Å²) in [4.78, 5) is 16.5. The molecule has 8 heteroatoms. The maximum Gasteiger partial charge on any atom is 0.257 e. The highest BCUT2D eigenvalue weighted by Crippen LogP contribution is 2.22. The van der Waals surface area contributed by atoms with E-state index in [2.05, 4.69) is 20.8 Å². The molecule has 0 spiro atoms. The Bertz CT molecular complexity index is 699. The van der Waals surface area contributed by atoms with Crippen LogP contribution in [0.5, 0.6) is 0 Å². The van der Waals surface area contributed by atoms with Crippen molar-refractivity contribution < 1.29 is 9.32 Å². The summed E-state index contributed by atoms with van der Waals surface area (Å²) in [5.74, 6) is 1.57. The lowest BCUT2D eigenvalue weighted by Crippen LogP contribution is -2.30. The molecule has 6 nitrogen and oxygen atoms in total. The van der Waals surface area contributed by atoms with Gasteiger partial charge in [0, 0.05) is 17.0 Å². The second kappa shape index (κ2) is 9.90. The minimum Gasteiger partial charge on any atom is -0.346 e. The van der Waals surface area contributed by atoms with Crippen molar-refractivity contribution in [3.8, 4) is 11.5 Å². The molecule has 1 fully saturated rings. The quantitative estimate of drug-likeness (QED) is 0.773. The summed E-state index contributed by atoms with van der Waals surface area (Å²) in [5, 5.41) is 10.9. The number of hydrogen-bond acceptors (Lipinski definition) is 5. The van der Waals surface area contributed by atoms with Crippen molar-refractivity contribution in [1.82, 2.24) is 20.8 Å². The van der Waals surface area contributed by atoms with Crippen LogP contribution in [-0.4, -0.2) is 29.1 Å². The van der Waals surface area contributed by atoms with Crippen LogP contribution < -0.4 is 10.6 Å². The van der Waals surface area contributed by atoms with Gasteiger partial charge in [-0.05, 0) is 69.5 Å². The lowest BCUT2D eigenvalue weighted by Gasteiger charge is -2.22. The number of aromatic nitrogens is 2. The lowest BCUT2D eigenvalue weighted by atomic mass is 9.93. The van der Waals surface area contributed by atoms with Gasteiger partial charge in [0.1, 0.15) is 0 Å². The van der Waals surface area contributed by atoms with Crippen molar-refractivity contribution in [2.45, 2.75) is 38.6 Å². The molecule has 3 rings (SSSR count). The third-order valence-electron chi connectivity index (χ3n) is 4.54. The smallest absolute Gasteiger partial charge is 0.257 e. The van der Waals surface area contributed by atoms with Gasteiger partial charge >= 0.3 is 0 Å². The fraction of sp³-hybridized carbons (Fsp3) is 0.500. The van der Waals surface area contributed by atoms with Crippen molar-refractivity contribution in [2.24, 2.45) is 5.92 Å². The SMILES string of the molecule is CC(NC(=O)CCC1CCNCC1)c1noc(-c2ccc(Cl)cc2)n1.Cl. The minimum atomic E-state index is -0.287. The molecule has 2 aromatic rings. The van der Waals surface area contributed by atoms with Gasteiger partial charge in [0.25, 0.3) is 5.89 Å². The Morgan fingerprint density at radius 3 is 2.73 bits per heavy atom. The van der Waals surface area contributed by atoms with E-state index >= 15 is 0 Å². The zero-order valence-corrected chi connectivity index (χ0v) is 16.3. The first kappa shape index (κ1) is 20.7. The van der Waals surface area contributed by atoms with Gasteiger partial charge in [0.15, 0.2) is 5.82 Å². The van der Waals surface area contributed by atoms with E-state index in [9.17, 15) is 4.79 Å². The van der Waals surface area contributed by atoms with Crippen LogP contribution in [0.1, 0.15) is 44.5 Å². The molecule has 0 radical (unpaired) electrons. The van der Waals surface area contributed by atoms with Gasteiger partial charge in [-0.3, -0.25) is 4.79 Å². The first-order chi connectivity index (χ1) is 12.1. The Hall–Kier alpha value is -1.63. The van der Waals surface area contributed by atoms with E-state index in [0.29, 0.717) is 29.1 Å². The average Bonchev–Trinajstić information content (AvgIpc) is 3.12. The lowest BCUT2D eigenvalue weighted by molar-refractivity contribution is -0.122. The number of halogens is 2. The number of amides is 1. The summed E-state index contributed by atoms with van der Waals surface area (Å²) in [6, 6.07) is 6.90. The van der Waals surface area contributed by atoms with E-state index in [1.54, 1.807) is 12.1 Å². The highest BCUT2D eigenvalue weighted by atomic mass is 35.5. The highest BCUT2D eigenvalue weighted by molar-refractivity contribution is 6.30. The van der Waals surface area contributed by atoms with E-state index < -0.39 is 0 Å². The molecule has 0 aliphatic carbocycles. The number of piperidine rings is 1. The van der Waals surface area contributed by atoms with E-state index in [1.165, 1.54) is 0 Å². The van der Waals surface area contributed by atoms with Crippen LogP contribution in [0.2, 0.25) is 5.02 Å². The van der Waals surface area contributed by atoms with Crippen molar-refractivity contribution in [1.29, 1.82) is 0 Å². The third kappa shape index (κ3) is 5.69. The predicted molar refractivity (Wildman–Crippen MR) is 103 cm³/mol. The van der Waals surface area contributed by atoms with Crippen LogP contribution >= 0.6 is 24.0 Å². The number of benzene rings is 1. The highest BCUT2D eigenvalue weighted by Gasteiger charge is 2.19. The molecule has 1 unspecified atom stereocenters. The first-order valence-corrected chi connectivity index (χ1v) is 9.09. The first-order valence-electron chi connectivity index (χ1n) is 8.71. The molecule has 1 saturated heterocycles. The standard InChI is InChI=1S/C18H23ClN4O2.ClH/c1-12(21-16(24)7-2-13-8-10-20-11-9-13)17-22-18(25-23-17)14-3-5-15(19)6-4-14;/h3-6,12-13,20H,2,7-11H2,1H3,(H,21,24);1H. The van der Waals surface area contributed by atoms with Crippen molar-refractivity contribution >= 4 is 29.9 Å². The summed E-state index contributed by atoms with van der Waals surface area (Å²) >= 11 is 5.88. The van der Waals surface area contributed by atoms with Gasteiger partial charge in [0.05, 0.1) is 6.04 Å². The molecule has 1 aliphatic heterocycles. The number of carbonyl (C=O) groups excluding carboxylic acids is 1. The summed E-state index contributed by atoms with van der Waals surface area (Å²) in [5.41, 5.74) is 0.799. The Balaban J connectivity index is 0.00000243. The molecule has 1 atom stereocenters. The van der Waals surface area contributed by atoms with Crippen LogP contribution in [0.25, 0.3) is 11.5 Å². The van der Waals surface area contributed by atoms with E-state index in [1.807, 2.05) is 19.1 Å². The molecule has 26 heavy (non-hydrogen) atoms. The Morgan fingerprint density at radius 2 is 2.04 bits per heavy atom. The molecular formula is C18H24Cl2N4O2. The summed E-state index contributed by atoms with van der Waals surface area (Å²) in [7, 11) is 0. The van der Waals surface area contributed by atoms with E-state index in [4.69, 9.17) is 16.1 Å². The van der Waals surface area contributed by atoms with Crippen LogP contribution in [-0.2, 0) is 4.79 Å². The number of hydrogen-bond donors (Lipinski definition) is 2. The topological polar surface area (TPSA) is 80.0 Å². The molecule has 1 amide bonds. The number of rotatable bonds is 6. The van der Waals surface area contributed by atoms with Crippen LogP contribution in [0.3, 0.4) is 0 Å². The average molecular weight is 399 g/mol. The molecule has 0 bridgehead atoms. The number of nitrogens with zero attached hydrogens (tertiary/aromatic N) is 2. The van der Waals surface area contributed by atoms with Gasteiger partial charge in [-0.15, -0.1) is 12.4 Å². The normalized spacial score (nSPS) is 15.9. The summed E-state index contributed by atoms with van der Waals surface area (Å²) < 4.78 is 5.29. The minimum absolute atomic E-state index is 0. The van der Waals surface area contributed by atoms with Crippen LogP contribution in [0.15, 0.2) is 28.8 Å². The van der Waals surface area contributed by atoms with Crippen LogP contribution in [0, 0.1) is 5.92 Å². The fourth-order valence-electron chi connectivity index (χ4n) is 3.00. The molecule has 1 aliphatic rings. The van der Waals surface area contributed by atoms with E-state index in [0.717, 1.165) is 37.9 Å². The third-order valence-corrected chi connectivity index (χ3v) is 4.79. The maximum absolute atomic E-state index is 12.2. The Morgan fingerprint density at radius 1 is 1.35 bits per heavy atom. The van der Waals surface area contributed by atoms with Gasteiger partial charge in [-0.1, -0.05) is 16.8 Å². The zero-order valence-electron chi connectivity index (χ0n) is 14.7. The van der Waals surface area contributed by atoms with Crippen LogP contribution in [0.4, 0.5) is 0 Å². The second-order valence-electron chi connectivity index (χ2n) is 6.49. The zero-order chi connectivity index (χ0) is 17.6. The summed E-state index contributed by atoms with van der Waals surface area (Å²) in [6.45, 7) is 3.97. The fourth-order valence-corrected chi connectivity index (χ4v) is 3.13. The summed E-state index contributed by atoms with van der Waals surface area (Å²) in [6.07, 6.45) is 3.77. The largest absolute Gasteiger partial charge is 0.346 e. The molecule has 2 heterocycles. The molecule has 1 aromatic heterocycles. The Kier molecular flexibility index (Phi) is 7.87. The number of nitrogens with one attached hydrogen (secondary N) is 2. The van der Waals surface area contributed by atoms with Gasteiger partial charge in [-0.25, -0.2) is 0 Å². The maximum atomic E-state index is 12.2. The van der Waals surface area contributed by atoms with Gasteiger partial charge < -0.3 is 15.2 Å². The van der Waals surface area contributed by atoms with Gasteiger partial charge in [-0.2, -0.15) is 4.98 Å². The monoisotopic (exact) mass is 398 g/mol. The van der Waals surface area contributed by atoms with Gasteiger partial charge in [0.2, 0.25) is 5.91 Å². The second-order valence-corrected chi connectivity index (χ2v) is 6.92. The number of carbonyl (C=O) groups is 1. The molecule has 0 saturated carbocycles. The predicted octanol–water partition coefficient (Wildman–Crippen LogP) is 3.77. The van der Waals surface area contributed by atoms with Crippen molar-refractivity contribution in [3.05, 3.63) is 35.1 Å². The van der Waals surface area contributed by atoms with Crippen molar-refractivity contribution in [3.63, 3.8) is 0 Å². The molecule has 1 aromatic carbocycles. The Labute approximate surface area is 164 Å². The van der Waals surface area contributed by atoms with Crippen molar-refractivity contribution in [2.75, 3.05) is 13.1 Å². The molecule has 2 N–H and O–H groups in total. The molecule has 142 valence electrons. The van der Waals surface area contributed by atoms with E-state index in [-0.39, 0.29) is 24.4 Å². The molecular weight excluding hydrogens is 375 g/mol.